The number of likely N-dealkylation sites (N-methyl/N-ethyl adjacent to an activating group) is 1. The number of pyridine rings is 1. The van der Waals surface area contributed by atoms with Gasteiger partial charge in [-0.25, -0.2) is 0 Å². The lowest BCUT2D eigenvalue weighted by molar-refractivity contribution is -0.128. The van der Waals surface area contributed by atoms with Gasteiger partial charge in [-0.3, -0.25) is 9.78 Å². The molecule has 1 aliphatic rings. The molecule has 2 aromatic rings. The van der Waals surface area contributed by atoms with Crippen molar-refractivity contribution in [2.45, 2.75) is 31.2 Å². The summed E-state index contributed by atoms with van der Waals surface area (Å²) in [6.45, 7) is 0.894. The molecule has 1 unspecified atom stereocenters. The van der Waals surface area contributed by atoms with Crippen molar-refractivity contribution in [3.8, 4) is 11.1 Å². The van der Waals surface area contributed by atoms with Gasteiger partial charge in [0.1, 0.15) is 5.54 Å². The van der Waals surface area contributed by atoms with Gasteiger partial charge in [0.2, 0.25) is 5.91 Å². The average molecular weight is 309 g/mol. The second-order valence-electron chi connectivity index (χ2n) is 6.11. The number of nitrogens with one attached hydrogen (secondary N) is 2. The van der Waals surface area contributed by atoms with Crippen molar-refractivity contribution in [1.29, 1.82) is 0 Å². The summed E-state index contributed by atoms with van der Waals surface area (Å²) in [5.74, 6) is 0.0849. The summed E-state index contributed by atoms with van der Waals surface area (Å²) >= 11 is 0. The third-order valence-corrected chi connectivity index (χ3v) is 4.66. The molecule has 1 fully saturated rings. The van der Waals surface area contributed by atoms with Crippen LogP contribution in [0.3, 0.4) is 0 Å². The highest BCUT2D eigenvalue weighted by molar-refractivity contribution is 5.87. The molecule has 0 spiro atoms. The molecule has 2 N–H and O–H groups in total. The maximum Gasteiger partial charge on any atom is 0.240 e. The molecule has 0 radical (unpaired) electrons. The molecule has 0 saturated carbocycles. The van der Waals surface area contributed by atoms with E-state index in [0.29, 0.717) is 6.42 Å². The SMILES string of the molecule is CNC(=O)C1(Cc2ccccc2-c2ccncc2)CCCCN1. The zero-order valence-electron chi connectivity index (χ0n) is 13.5. The van der Waals surface area contributed by atoms with Crippen LogP contribution in [0.4, 0.5) is 0 Å². The summed E-state index contributed by atoms with van der Waals surface area (Å²) in [6.07, 6.45) is 7.39. The Bertz CT molecular complexity index is 663. The van der Waals surface area contributed by atoms with Gasteiger partial charge in [-0.1, -0.05) is 24.3 Å². The van der Waals surface area contributed by atoms with Gasteiger partial charge >= 0.3 is 0 Å². The molecule has 4 nitrogen and oxygen atoms in total. The number of hydrogen-bond donors (Lipinski definition) is 2. The molecule has 1 amide bonds. The highest BCUT2D eigenvalue weighted by Gasteiger charge is 2.39. The lowest BCUT2D eigenvalue weighted by Crippen LogP contribution is -2.59. The Balaban J connectivity index is 1.97. The minimum Gasteiger partial charge on any atom is -0.358 e. The first-order valence-corrected chi connectivity index (χ1v) is 8.21. The molecule has 1 aromatic carbocycles. The Labute approximate surface area is 137 Å². The summed E-state index contributed by atoms with van der Waals surface area (Å²) in [5, 5.41) is 6.33. The summed E-state index contributed by atoms with van der Waals surface area (Å²) in [6, 6.07) is 12.3. The molecule has 1 aromatic heterocycles. The minimum atomic E-state index is -0.504. The fraction of sp³-hybridized carbons (Fsp3) is 0.368. The van der Waals surface area contributed by atoms with Crippen LogP contribution < -0.4 is 10.6 Å². The van der Waals surface area contributed by atoms with Crippen LogP contribution in [0.2, 0.25) is 0 Å². The smallest absolute Gasteiger partial charge is 0.240 e. The van der Waals surface area contributed by atoms with Crippen molar-refractivity contribution >= 4 is 5.91 Å². The molecular weight excluding hydrogens is 286 g/mol. The lowest BCUT2D eigenvalue weighted by atomic mass is 9.80. The first-order chi connectivity index (χ1) is 11.2. The molecule has 1 atom stereocenters. The fourth-order valence-electron chi connectivity index (χ4n) is 3.44. The largest absolute Gasteiger partial charge is 0.358 e. The van der Waals surface area contributed by atoms with Crippen molar-refractivity contribution < 1.29 is 4.79 Å². The quantitative estimate of drug-likeness (QED) is 0.912. The summed E-state index contributed by atoms with van der Waals surface area (Å²) in [7, 11) is 1.72. The standard InChI is InChI=1S/C19H23N3O/c1-20-18(23)19(10-4-5-11-22-19)14-16-6-2-3-7-17(16)15-8-12-21-13-9-15/h2-3,6-9,12-13,22H,4-5,10-11,14H2,1H3,(H,20,23). The zero-order chi connectivity index (χ0) is 16.1. The molecular formula is C19H23N3O. The van der Waals surface area contributed by atoms with Crippen LogP contribution in [-0.4, -0.2) is 30.0 Å². The predicted molar refractivity (Wildman–Crippen MR) is 92.0 cm³/mol. The number of carbonyl (C=O) groups is 1. The highest BCUT2D eigenvalue weighted by atomic mass is 16.2. The number of amides is 1. The van der Waals surface area contributed by atoms with Crippen molar-refractivity contribution in [2.24, 2.45) is 0 Å². The zero-order valence-corrected chi connectivity index (χ0v) is 13.5. The van der Waals surface area contributed by atoms with Gasteiger partial charge in [-0.2, -0.15) is 0 Å². The summed E-state index contributed by atoms with van der Waals surface area (Å²) in [5.41, 5.74) is 3.00. The van der Waals surface area contributed by atoms with Crippen LogP contribution in [0.15, 0.2) is 48.8 Å². The Hall–Kier alpha value is -2.20. The monoisotopic (exact) mass is 309 g/mol. The van der Waals surface area contributed by atoms with Crippen molar-refractivity contribution in [3.05, 3.63) is 54.4 Å². The molecule has 0 bridgehead atoms. The van der Waals surface area contributed by atoms with Gasteiger partial charge in [0.15, 0.2) is 0 Å². The van der Waals surface area contributed by atoms with E-state index in [-0.39, 0.29) is 5.91 Å². The Morgan fingerprint density at radius 3 is 2.70 bits per heavy atom. The second-order valence-corrected chi connectivity index (χ2v) is 6.11. The molecule has 0 aliphatic carbocycles. The second kappa shape index (κ2) is 6.92. The number of hydrogen-bond acceptors (Lipinski definition) is 3. The fourth-order valence-corrected chi connectivity index (χ4v) is 3.44. The number of carbonyl (C=O) groups excluding carboxylic acids is 1. The number of nitrogens with zero attached hydrogens (tertiary/aromatic N) is 1. The van der Waals surface area contributed by atoms with E-state index in [1.807, 2.05) is 24.3 Å². The van der Waals surface area contributed by atoms with Gasteiger partial charge in [-0.05, 0) is 54.6 Å². The number of rotatable bonds is 4. The Morgan fingerprint density at radius 1 is 1.22 bits per heavy atom. The summed E-state index contributed by atoms with van der Waals surface area (Å²) < 4.78 is 0. The highest BCUT2D eigenvalue weighted by Crippen LogP contribution is 2.30. The van der Waals surface area contributed by atoms with Crippen molar-refractivity contribution in [3.63, 3.8) is 0 Å². The molecule has 3 rings (SSSR count). The molecule has 1 saturated heterocycles. The Morgan fingerprint density at radius 2 is 2.00 bits per heavy atom. The van der Waals surface area contributed by atoms with E-state index < -0.39 is 5.54 Å². The first-order valence-electron chi connectivity index (χ1n) is 8.21. The van der Waals surface area contributed by atoms with E-state index in [9.17, 15) is 4.79 Å². The normalized spacial score (nSPS) is 20.9. The number of benzene rings is 1. The van der Waals surface area contributed by atoms with E-state index in [1.165, 1.54) is 11.1 Å². The number of aromatic nitrogens is 1. The van der Waals surface area contributed by atoms with Crippen LogP contribution in [0, 0.1) is 0 Å². The number of piperidine rings is 1. The van der Waals surface area contributed by atoms with Crippen LogP contribution in [0.25, 0.3) is 11.1 Å². The van der Waals surface area contributed by atoms with Gasteiger partial charge in [0.25, 0.3) is 0 Å². The van der Waals surface area contributed by atoms with E-state index in [4.69, 9.17) is 0 Å². The summed E-state index contributed by atoms with van der Waals surface area (Å²) in [4.78, 5) is 16.7. The van der Waals surface area contributed by atoms with Gasteiger partial charge in [0, 0.05) is 25.9 Å². The average Bonchev–Trinajstić information content (AvgIpc) is 2.63. The van der Waals surface area contributed by atoms with E-state index in [1.54, 1.807) is 19.4 Å². The van der Waals surface area contributed by atoms with Crippen LogP contribution in [0.5, 0.6) is 0 Å². The molecule has 4 heteroatoms. The lowest BCUT2D eigenvalue weighted by Gasteiger charge is -2.37. The van der Waals surface area contributed by atoms with Crippen molar-refractivity contribution in [2.75, 3.05) is 13.6 Å². The molecule has 1 aliphatic heterocycles. The van der Waals surface area contributed by atoms with E-state index in [0.717, 1.165) is 31.4 Å². The maximum atomic E-state index is 12.6. The third kappa shape index (κ3) is 3.27. The van der Waals surface area contributed by atoms with E-state index >= 15 is 0 Å². The van der Waals surface area contributed by atoms with Gasteiger partial charge < -0.3 is 10.6 Å². The molecule has 120 valence electrons. The van der Waals surface area contributed by atoms with Crippen LogP contribution in [-0.2, 0) is 11.2 Å². The molecule has 2 heterocycles. The van der Waals surface area contributed by atoms with Crippen LogP contribution in [0.1, 0.15) is 24.8 Å². The third-order valence-electron chi connectivity index (χ3n) is 4.66. The maximum absolute atomic E-state index is 12.6. The molecule has 23 heavy (non-hydrogen) atoms. The first kappa shape index (κ1) is 15.7. The Kier molecular flexibility index (Phi) is 4.72. The minimum absolute atomic E-state index is 0.0849. The van der Waals surface area contributed by atoms with Gasteiger partial charge in [-0.15, -0.1) is 0 Å². The predicted octanol–water partition coefficient (Wildman–Crippen LogP) is 2.55. The van der Waals surface area contributed by atoms with E-state index in [2.05, 4.69) is 27.8 Å². The van der Waals surface area contributed by atoms with Gasteiger partial charge in [0.05, 0.1) is 0 Å². The van der Waals surface area contributed by atoms with Crippen molar-refractivity contribution in [1.82, 2.24) is 15.6 Å². The van der Waals surface area contributed by atoms with Crippen LogP contribution >= 0.6 is 0 Å². The topological polar surface area (TPSA) is 54.0 Å².